The summed E-state index contributed by atoms with van der Waals surface area (Å²) in [5.74, 6) is 0. The molecule has 0 amide bonds. The van der Waals surface area contributed by atoms with Gasteiger partial charge in [0.15, 0.2) is 0 Å². The Morgan fingerprint density at radius 2 is 1.85 bits per heavy atom. The lowest BCUT2D eigenvalue weighted by Gasteiger charge is -2.39. The number of hydrogen-bond donors (Lipinski definition) is 1. The molecule has 4 heteroatoms. The molecule has 1 aromatic heterocycles. The van der Waals surface area contributed by atoms with Gasteiger partial charge in [-0.1, -0.05) is 18.2 Å². The Bertz CT molecular complexity index is 539. The number of piperazine rings is 1. The van der Waals surface area contributed by atoms with Crippen molar-refractivity contribution in [2.45, 2.75) is 32.5 Å². The van der Waals surface area contributed by atoms with E-state index in [4.69, 9.17) is 0 Å². The molecule has 3 rings (SSSR count). The molecular weight excluding hydrogens is 248 g/mol. The van der Waals surface area contributed by atoms with E-state index in [0.29, 0.717) is 12.1 Å². The molecule has 1 fully saturated rings. The molecule has 0 bridgehead atoms. The van der Waals surface area contributed by atoms with Crippen molar-refractivity contribution in [3.63, 3.8) is 0 Å². The second kappa shape index (κ2) is 5.77. The first-order chi connectivity index (χ1) is 9.74. The summed E-state index contributed by atoms with van der Waals surface area (Å²) in [7, 11) is 0. The zero-order valence-corrected chi connectivity index (χ0v) is 12.2. The van der Waals surface area contributed by atoms with Crippen LogP contribution in [0.1, 0.15) is 19.4 Å². The van der Waals surface area contributed by atoms with Crippen molar-refractivity contribution in [3.05, 3.63) is 48.3 Å². The van der Waals surface area contributed by atoms with Gasteiger partial charge in [0.2, 0.25) is 0 Å². The fourth-order valence-corrected chi connectivity index (χ4v) is 2.86. The van der Waals surface area contributed by atoms with Crippen LogP contribution < -0.4 is 5.32 Å². The van der Waals surface area contributed by atoms with Crippen LogP contribution in [0.2, 0.25) is 0 Å². The number of benzene rings is 1. The molecule has 0 saturated carbocycles. The molecular formula is C16H22N4. The normalized spacial score (nSPS) is 23.9. The van der Waals surface area contributed by atoms with Crippen molar-refractivity contribution in [1.82, 2.24) is 20.0 Å². The monoisotopic (exact) mass is 270 g/mol. The van der Waals surface area contributed by atoms with Crippen LogP contribution in [0.3, 0.4) is 0 Å². The van der Waals surface area contributed by atoms with Crippen LogP contribution in [0.5, 0.6) is 0 Å². The van der Waals surface area contributed by atoms with Crippen LogP contribution in [0.25, 0.3) is 5.69 Å². The van der Waals surface area contributed by atoms with Crippen molar-refractivity contribution >= 4 is 0 Å². The minimum absolute atomic E-state index is 0.568. The summed E-state index contributed by atoms with van der Waals surface area (Å²) in [6.45, 7) is 7.67. The fraction of sp³-hybridized carbons (Fsp3) is 0.438. The van der Waals surface area contributed by atoms with E-state index in [1.165, 1.54) is 5.56 Å². The molecule has 20 heavy (non-hydrogen) atoms. The van der Waals surface area contributed by atoms with Crippen LogP contribution in [-0.4, -0.2) is 39.9 Å². The van der Waals surface area contributed by atoms with E-state index in [-0.39, 0.29) is 0 Å². The van der Waals surface area contributed by atoms with E-state index in [1.54, 1.807) is 0 Å². The summed E-state index contributed by atoms with van der Waals surface area (Å²) in [6, 6.07) is 11.4. The molecule has 0 spiro atoms. The standard InChI is InChI=1S/C16H22N4/c1-13-8-17-9-14(2)19(13)11-15-10-18-20(12-15)16-6-4-3-5-7-16/h3-7,10,12-14,17H,8-9,11H2,1-2H3. The molecule has 0 aliphatic carbocycles. The van der Waals surface area contributed by atoms with Gasteiger partial charge in [0.1, 0.15) is 0 Å². The first-order valence-electron chi connectivity index (χ1n) is 7.29. The molecule has 1 aliphatic heterocycles. The van der Waals surface area contributed by atoms with Gasteiger partial charge in [-0.15, -0.1) is 0 Å². The lowest BCUT2D eigenvalue weighted by atomic mass is 10.1. The largest absolute Gasteiger partial charge is 0.314 e. The minimum atomic E-state index is 0.568. The molecule has 4 nitrogen and oxygen atoms in total. The van der Waals surface area contributed by atoms with Crippen LogP contribution in [0, 0.1) is 0 Å². The SMILES string of the molecule is CC1CNCC(C)N1Cc1cnn(-c2ccccc2)c1. The number of hydrogen-bond acceptors (Lipinski definition) is 3. The van der Waals surface area contributed by atoms with Gasteiger partial charge < -0.3 is 5.32 Å². The molecule has 1 saturated heterocycles. The summed E-state index contributed by atoms with van der Waals surface area (Å²) < 4.78 is 1.95. The summed E-state index contributed by atoms with van der Waals surface area (Å²) in [6.07, 6.45) is 4.12. The predicted molar refractivity (Wildman–Crippen MR) is 80.9 cm³/mol. The van der Waals surface area contributed by atoms with Crippen LogP contribution in [0.4, 0.5) is 0 Å². The molecule has 106 valence electrons. The Morgan fingerprint density at radius 3 is 2.55 bits per heavy atom. The van der Waals surface area contributed by atoms with Gasteiger partial charge in [-0.05, 0) is 26.0 Å². The Labute approximate surface area is 120 Å². The minimum Gasteiger partial charge on any atom is -0.314 e. The van der Waals surface area contributed by atoms with Crippen LogP contribution in [0.15, 0.2) is 42.7 Å². The first-order valence-corrected chi connectivity index (χ1v) is 7.29. The smallest absolute Gasteiger partial charge is 0.0645 e. The average Bonchev–Trinajstić information content (AvgIpc) is 2.93. The van der Waals surface area contributed by atoms with Crippen LogP contribution in [-0.2, 0) is 6.54 Å². The van der Waals surface area contributed by atoms with E-state index in [2.05, 4.69) is 47.5 Å². The summed E-state index contributed by atoms with van der Waals surface area (Å²) >= 11 is 0. The number of para-hydroxylation sites is 1. The van der Waals surface area contributed by atoms with Gasteiger partial charge in [0, 0.05) is 43.5 Å². The van der Waals surface area contributed by atoms with Crippen molar-refractivity contribution in [1.29, 1.82) is 0 Å². The van der Waals surface area contributed by atoms with Crippen molar-refractivity contribution in [2.24, 2.45) is 0 Å². The van der Waals surface area contributed by atoms with Crippen LogP contribution >= 0.6 is 0 Å². The zero-order chi connectivity index (χ0) is 13.9. The maximum atomic E-state index is 4.48. The molecule has 1 aromatic carbocycles. The highest BCUT2D eigenvalue weighted by atomic mass is 15.3. The van der Waals surface area contributed by atoms with E-state index in [1.807, 2.05) is 29.1 Å². The van der Waals surface area contributed by atoms with E-state index < -0.39 is 0 Å². The predicted octanol–water partition coefficient (Wildman–Crippen LogP) is 2.05. The zero-order valence-electron chi connectivity index (χ0n) is 12.2. The second-order valence-corrected chi connectivity index (χ2v) is 5.66. The summed E-state index contributed by atoms with van der Waals surface area (Å²) in [5.41, 5.74) is 2.38. The highest BCUT2D eigenvalue weighted by Crippen LogP contribution is 2.15. The third kappa shape index (κ3) is 2.76. The number of aromatic nitrogens is 2. The Kier molecular flexibility index (Phi) is 3.85. The Balaban J connectivity index is 1.74. The lowest BCUT2D eigenvalue weighted by molar-refractivity contribution is 0.109. The second-order valence-electron chi connectivity index (χ2n) is 5.66. The van der Waals surface area contributed by atoms with Crippen molar-refractivity contribution < 1.29 is 0 Å². The Hall–Kier alpha value is -1.65. The highest BCUT2D eigenvalue weighted by Gasteiger charge is 2.24. The first kappa shape index (κ1) is 13.3. The van der Waals surface area contributed by atoms with Gasteiger partial charge in [-0.25, -0.2) is 4.68 Å². The van der Waals surface area contributed by atoms with Gasteiger partial charge in [-0.2, -0.15) is 5.10 Å². The molecule has 2 unspecified atom stereocenters. The van der Waals surface area contributed by atoms with Gasteiger partial charge in [0.05, 0.1) is 11.9 Å². The number of nitrogens with one attached hydrogen (secondary N) is 1. The van der Waals surface area contributed by atoms with Crippen molar-refractivity contribution in [3.8, 4) is 5.69 Å². The quantitative estimate of drug-likeness (QED) is 0.926. The fourth-order valence-electron chi connectivity index (χ4n) is 2.86. The molecule has 1 N–H and O–H groups in total. The van der Waals surface area contributed by atoms with Gasteiger partial charge in [-0.3, -0.25) is 4.90 Å². The molecule has 2 heterocycles. The molecule has 0 radical (unpaired) electrons. The summed E-state index contributed by atoms with van der Waals surface area (Å²) in [4.78, 5) is 2.54. The van der Waals surface area contributed by atoms with E-state index in [0.717, 1.165) is 25.3 Å². The van der Waals surface area contributed by atoms with E-state index >= 15 is 0 Å². The lowest BCUT2D eigenvalue weighted by Crippen LogP contribution is -2.54. The summed E-state index contributed by atoms with van der Waals surface area (Å²) in [5, 5.41) is 7.94. The molecule has 2 atom stereocenters. The molecule has 2 aromatic rings. The average molecular weight is 270 g/mol. The topological polar surface area (TPSA) is 33.1 Å². The van der Waals surface area contributed by atoms with Crippen molar-refractivity contribution in [2.75, 3.05) is 13.1 Å². The highest BCUT2D eigenvalue weighted by molar-refractivity contribution is 5.30. The third-order valence-electron chi connectivity index (χ3n) is 4.03. The maximum Gasteiger partial charge on any atom is 0.0645 e. The van der Waals surface area contributed by atoms with Gasteiger partial charge >= 0.3 is 0 Å². The van der Waals surface area contributed by atoms with Gasteiger partial charge in [0.25, 0.3) is 0 Å². The number of nitrogens with zero attached hydrogens (tertiary/aromatic N) is 3. The third-order valence-corrected chi connectivity index (χ3v) is 4.03. The number of rotatable bonds is 3. The van der Waals surface area contributed by atoms with E-state index in [9.17, 15) is 0 Å². The molecule has 1 aliphatic rings. The maximum absolute atomic E-state index is 4.48. The Morgan fingerprint density at radius 1 is 1.15 bits per heavy atom.